The molecule has 3 atom stereocenters. The fourth-order valence-electron chi connectivity index (χ4n) is 5.38. The third-order valence-corrected chi connectivity index (χ3v) is 9.51. The summed E-state index contributed by atoms with van der Waals surface area (Å²) in [4.78, 5) is 6.41. The zero-order valence-electron chi connectivity index (χ0n) is 20.8. The first-order chi connectivity index (χ1) is 17.6. The number of anilines is 1. The average molecular weight is 547 g/mol. The van der Waals surface area contributed by atoms with Crippen molar-refractivity contribution in [3.05, 3.63) is 65.7 Å². The molecule has 5 rings (SSSR count). The molecule has 1 fully saturated rings. The van der Waals surface area contributed by atoms with Crippen LogP contribution in [0, 0.1) is 11.7 Å². The monoisotopic (exact) mass is 546 g/mol. The number of nitrogens with zero attached hydrogens (tertiary/aromatic N) is 3. The lowest BCUT2D eigenvalue weighted by molar-refractivity contribution is -0.0315. The molecule has 1 unspecified atom stereocenters. The zero-order chi connectivity index (χ0) is 26.2. The van der Waals surface area contributed by atoms with E-state index in [2.05, 4.69) is 19.0 Å². The molecule has 2 aromatic carbocycles. The molecule has 0 saturated carbocycles. The summed E-state index contributed by atoms with van der Waals surface area (Å²) in [5, 5.41) is 10.9. The highest BCUT2D eigenvalue weighted by Crippen LogP contribution is 2.42. The number of likely N-dealkylation sites (tertiary alicyclic amines) is 1. The van der Waals surface area contributed by atoms with Gasteiger partial charge in [0.05, 0.1) is 17.1 Å². The molecule has 0 radical (unpaired) electrons. The quantitative estimate of drug-likeness (QED) is 0.447. The molecule has 0 bridgehead atoms. The van der Waals surface area contributed by atoms with Gasteiger partial charge in [-0.15, -0.1) is 0 Å². The predicted molar refractivity (Wildman–Crippen MR) is 140 cm³/mol. The van der Waals surface area contributed by atoms with Crippen molar-refractivity contribution >= 4 is 26.7 Å². The Bertz CT molecular complexity index is 1330. The van der Waals surface area contributed by atoms with Crippen LogP contribution < -0.4 is 9.46 Å². The van der Waals surface area contributed by atoms with Crippen LogP contribution in [0.25, 0.3) is 0 Å². The summed E-state index contributed by atoms with van der Waals surface area (Å²) in [5.41, 5.74) is 1.22. The number of nitrogens with one attached hydrogen (secondary N) is 1. The van der Waals surface area contributed by atoms with Crippen molar-refractivity contribution in [2.24, 2.45) is 5.92 Å². The number of ether oxygens (including phenoxy) is 1. The van der Waals surface area contributed by atoms with Gasteiger partial charge in [-0.05, 0) is 74.9 Å². The van der Waals surface area contributed by atoms with E-state index in [1.54, 1.807) is 12.1 Å². The van der Waals surface area contributed by atoms with Crippen molar-refractivity contribution in [1.82, 2.24) is 14.3 Å². The molecule has 0 aliphatic carbocycles. The van der Waals surface area contributed by atoms with Crippen molar-refractivity contribution in [1.29, 1.82) is 0 Å². The van der Waals surface area contributed by atoms with Gasteiger partial charge >= 0.3 is 0 Å². The highest BCUT2D eigenvalue weighted by molar-refractivity contribution is 7.93. The van der Waals surface area contributed by atoms with Gasteiger partial charge in [0, 0.05) is 36.1 Å². The van der Waals surface area contributed by atoms with Crippen LogP contribution in [0.2, 0.25) is 0 Å². The van der Waals surface area contributed by atoms with Crippen LogP contribution in [0.1, 0.15) is 56.2 Å². The first-order valence-electron chi connectivity index (χ1n) is 12.4. The van der Waals surface area contributed by atoms with Crippen LogP contribution in [-0.2, 0) is 10.0 Å². The standard InChI is InChI=1S/C26H31FN4O4S2/c1-26(2,32)19-9-11-31(23(13-19)17-3-5-20(27)6-4-17)15-18-10-12-35-24-14-21(7-8-22(18)24)37(33,34)30-25-28-16-29-36-25/h3-8,14,16,18-19,23,32H,9-13,15H2,1-2H3,(H,28,29,30)/t18?,19-,23+/m0/s1. The van der Waals surface area contributed by atoms with Gasteiger partial charge in [-0.25, -0.2) is 17.8 Å². The second kappa shape index (κ2) is 10.3. The number of benzene rings is 2. The molecular formula is C26H31FN4O4S2. The van der Waals surface area contributed by atoms with E-state index in [9.17, 15) is 17.9 Å². The Balaban J connectivity index is 1.38. The number of piperidine rings is 1. The number of halogens is 1. The third-order valence-electron chi connectivity index (χ3n) is 7.46. The van der Waals surface area contributed by atoms with Gasteiger partial charge in [-0.3, -0.25) is 9.62 Å². The van der Waals surface area contributed by atoms with Crippen molar-refractivity contribution in [2.75, 3.05) is 24.4 Å². The Kier molecular flexibility index (Phi) is 7.23. The van der Waals surface area contributed by atoms with Gasteiger partial charge in [-0.1, -0.05) is 18.2 Å². The summed E-state index contributed by atoms with van der Waals surface area (Å²) in [6.45, 7) is 5.77. The molecule has 2 aliphatic rings. The Labute approximate surface area is 220 Å². The number of sulfonamides is 1. The summed E-state index contributed by atoms with van der Waals surface area (Å²) in [6, 6.07) is 11.7. The smallest absolute Gasteiger partial charge is 0.263 e. The normalized spacial score (nSPS) is 22.8. The lowest BCUT2D eigenvalue weighted by Gasteiger charge is -2.45. The Hall–Kier alpha value is -2.60. The molecule has 3 aromatic rings. The van der Waals surface area contributed by atoms with E-state index < -0.39 is 15.6 Å². The first-order valence-corrected chi connectivity index (χ1v) is 14.6. The molecule has 37 heavy (non-hydrogen) atoms. The maximum absolute atomic E-state index is 13.7. The SMILES string of the molecule is CC(C)(O)[C@H]1CCN(CC2CCOc3cc(S(=O)(=O)Nc4ncns4)ccc32)[C@@H](c2ccc(F)cc2)C1. The molecule has 1 saturated heterocycles. The number of aliphatic hydroxyl groups is 1. The fraction of sp³-hybridized carbons (Fsp3) is 0.462. The van der Waals surface area contributed by atoms with E-state index in [0.29, 0.717) is 12.4 Å². The minimum absolute atomic E-state index is 0.0489. The summed E-state index contributed by atoms with van der Waals surface area (Å²) < 4.78 is 51.5. The number of aromatic nitrogens is 2. The minimum Gasteiger partial charge on any atom is -0.493 e. The highest BCUT2D eigenvalue weighted by Gasteiger charge is 2.38. The Morgan fingerprint density at radius 1 is 1.22 bits per heavy atom. The van der Waals surface area contributed by atoms with Crippen LogP contribution in [0.4, 0.5) is 9.52 Å². The molecule has 8 nitrogen and oxygen atoms in total. The van der Waals surface area contributed by atoms with Crippen LogP contribution in [0.15, 0.2) is 53.7 Å². The summed E-state index contributed by atoms with van der Waals surface area (Å²) in [7, 11) is -3.82. The van der Waals surface area contributed by atoms with Gasteiger partial charge in [0.1, 0.15) is 17.9 Å². The number of hydrogen-bond donors (Lipinski definition) is 2. The molecule has 0 spiro atoms. The Morgan fingerprint density at radius 2 is 2.00 bits per heavy atom. The van der Waals surface area contributed by atoms with Gasteiger partial charge in [0.2, 0.25) is 5.13 Å². The molecular weight excluding hydrogens is 515 g/mol. The summed E-state index contributed by atoms with van der Waals surface area (Å²) >= 11 is 0.969. The highest BCUT2D eigenvalue weighted by atomic mass is 32.2. The van der Waals surface area contributed by atoms with Gasteiger partial charge < -0.3 is 9.84 Å². The summed E-state index contributed by atoms with van der Waals surface area (Å²) in [6.07, 6.45) is 3.75. The minimum atomic E-state index is -3.82. The topological polar surface area (TPSA) is 105 Å². The largest absolute Gasteiger partial charge is 0.493 e. The second-order valence-corrected chi connectivity index (χ2v) is 12.8. The van der Waals surface area contributed by atoms with E-state index in [1.165, 1.54) is 18.5 Å². The fourth-order valence-corrected chi connectivity index (χ4v) is 7.06. The van der Waals surface area contributed by atoms with Crippen molar-refractivity contribution in [3.8, 4) is 5.75 Å². The lowest BCUT2D eigenvalue weighted by Crippen LogP contribution is -2.45. The van der Waals surface area contributed by atoms with Crippen LogP contribution in [-0.4, -0.2) is 53.1 Å². The maximum Gasteiger partial charge on any atom is 0.263 e. The molecule has 11 heteroatoms. The second-order valence-electron chi connectivity index (χ2n) is 10.3. The van der Waals surface area contributed by atoms with E-state index in [1.807, 2.05) is 32.0 Å². The van der Waals surface area contributed by atoms with Crippen molar-refractivity contribution in [3.63, 3.8) is 0 Å². The van der Waals surface area contributed by atoms with Crippen LogP contribution >= 0.6 is 11.5 Å². The van der Waals surface area contributed by atoms with E-state index in [0.717, 1.165) is 55.0 Å². The number of fused-ring (bicyclic) bond motifs is 1. The average Bonchev–Trinajstić information content (AvgIpc) is 3.36. The lowest BCUT2D eigenvalue weighted by atomic mass is 9.77. The van der Waals surface area contributed by atoms with Crippen molar-refractivity contribution in [2.45, 2.75) is 55.6 Å². The number of rotatable bonds is 7. The molecule has 1 aromatic heterocycles. The van der Waals surface area contributed by atoms with Crippen LogP contribution in [0.3, 0.4) is 0 Å². The van der Waals surface area contributed by atoms with Crippen molar-refractivity contribution < 1.29 is 22.7 Å². The number of hydrogen-bond acceptors (Lipinski definition) is 8. The third kappa shape index (κ3) is 5.79. The maximum atomic E-state index is 13.7. The predicted octanol–water partition coefficient (Wildman–Crippen LogP) is 4.57. The molecule has 0 amide bonds. The van der Waals surface area contributed by atoms with E-state index >= 15 is 0 Å². The van der Waals surface area contributed by atoms with Gasteiger partial charge in [0.25, 0.3) is 10.0 Å². The first kappa shape index (κ1) is 26.0. The molecule has 2 aliphatic heterocycles. The molecule has 3 heterocycles. The van der Waals surface area contributed by atoms with E-state index in [4.69, 9.17) is 4.74 Å². The van der Waals surface area contributed by atoms with Crippen LogP contribution in [0.5, 0.6) is 5.75 Å². The molecule has 198 valence electrons. The Morgan fingerprint density at radius 3 is 2.70 bits per heavy atom. The van der Waals surface area contributed by atoms with Gasteiger partial charge in [-0.2, -0.15) is 4.37 Å². The summed E-state index contributed by atoms with van der Waals surface area (Å²) in [5.74, 6) is 0.586. The zero-order valence-corrected chi connectivity index (χ0v) is 22.4. The van der Waals surface area contributed by atoms with E-state index in [-0.39, 0.29) is 33.7 Å². The van der Waals surface area contributed by atoms with Gasteiger partial charge in [0.15, 0.2) is 0 Å². The molecule has 2 N–H and O–H groups in total.